The van der Waals surface area contributed by atoms with Crippen LogP contribution in [0.15, 0.2) is 60.3 Å². The van der Waals surface area contributed by atoms with E-state index in [9.17, 15) is 19.2 Å². The van der Waals surface area contributed by atoms with E-state index in [1.165, 1.54) is 30.5 Å². The first kappa shape index (κ1) is 19.9. The van der Waals surface area contributed by atoms with Gasteiger partial charge in [0.15, 0.2) is 0 Å². The van der Waals surface area contributed by atoms with Crippen molar-refractivity contribution in [1.29, 1.82) is 5.26 Å². The first-order valence-electron chi connectivity index (χ1n) is 8.98. The maximum Gasteiger partial charge on any atom is 0.335 e. The number of carbonyl (C=O) groups excluding carboxylic acids is 1. The van der Waals surface area contributed by atoms with E-state index < -0.39 is 11.9 Å². The Balaban J connectivity index is 1.64. The van der Waals surface area contributed by atoms with Gasteiger partial charge in [-0.05, 0) is 30.3 Å². The number of nitriles is 1. The number of halogens is 1. The SMILES string of the molecule is N#C/C(=C/N1CCN(c2ccccc2F)CC1)C(=O)Nc1cccc(C(=O)O)c1. The van der Waals surface area contributed by atoms with Crippen LogP contribution in [0.25, 0.3) is 0 Å². The van der Waals surface area contributed by atoms with Gasteiger partial charge in [0.25, 0.3) is 5.91 Å². The van der Waals surface area contributed by atoms with Gasteiger partial charge in [0.2, 0.25) is 0 Å². The van der Waals surface area contributed by atoms with E-state index in [4.69, 9.17) is 5.11 Å². The lowest BCUT2D eigenvalue weighted by molar-refractivity contribution is -0.112. The molecule has 0 unspecified atom stereocenters. The molecular weight excluding hydrogens is 375 g/mol. The minimum Gasteiger partial charge on any atom is -0.478 e. The summed E-state index contributed by atoms with van der Waals surface area (Å²) in [5.74, 6) is -2.01. The third kappa shape index (κ3) is 4.90. The molecule has 148 valence electrons. The molecule has 3 rings (SSSR count). The number of hydrogen-bond donors (Lipinski definition) is 2. The van der Waals surface area contributed by atoms with E-state index in [2.05, 4.69) is 5.32 Å². The quantitative estimate of drug-likeness (QED) is 0.598. The average molecular weight is 394 g/mol. The number of carboxylic acids is 1. The largest absolute Gasteiger partial charge is 0.478 e. The van der Waals surface area contributed by atoms with E-state index in [1.54, 1.807) is 24.3 Å². The zero-order chi connectivity index (χ0) is 20.8. The number of anilines is 2. The molecule has 7 nitrogen and oxygen atoms in total. The number of nitrogens with zero attached hydrogens (tertiary/aromatic N) is 3. The molecule has 0 atom stereocenters. The van der Waals surface area contributed by atoms with Crippen LogP contribution < -0.4 is 10.2 Å². The molecule has 0 aromatic heterocycles. The van der Waals surface area contributed by atoms with Crippen molar-refractivity contribution in [2.24, 2.45) is 0 Å². The highest BCUT2D eigenvalue weighted by Crippen LogP contribution is 2.20. The molecule has 0 saturated carbocycles. The maximum absolute atomic E-state index is 13.9. The van der Waals surface area contributed by atoms with Gasteiger partial charge in [-0.2, -0.15) is 5.26 Å². The second-order valence-corrected chi connectivity index (χ2v) is 6.47. The minimum absolute atomic E-state index is 0.0366. The average Bonchev–Trinajstić information content (AvgIpc) is 2.73. The number of rotatable bonds is 5. The van der Waals surface area contributed by atoms with Gasteiger partial charge < -0.3 is 20.2 Å². The van der Waals surface area contributed by atoms with E-state index in [1.807, 2.05) is 15.9 Å². The van der Waals surface area contributed by atoms with Gasteiger partial charge in [-0.3, -0.25) is 4.79 Å². The predicted octanol–water partition coefficient (Wildman–Crippen LogP) is 2.69. The zero-order valence-corrected chi connectivity index (χ0v) is 15.5. The third-order valence-electron chi connectivity index (χ3n) is 4.55. The number of carbonyl (C=O) groups is 2. The molecule has 2 aromatic carbocycles. The fourth-order valence-electron chi connectivity index (χ4n) is 3.05. The molecule has 0 radical (unpaired) electrons. The van der Waals surface area contributed by atoms with Crippen LogP contribution in [0.2, 0.25) is 0 Å². The number of aromatic carboxylic acids is 1. The summed E-state index contributed by atoms with van der Waals surface area (Å²) >= 11 is 0. The van der Waals surface area contributed by atoms with Crippen molar-refractivity contribution < 1.29 is 19.1 Å². The van der Waals surface area contributed by atoms with Gasteiger partial charge in [0.1, 0.15) is 17.5 Å². The maximum atomic E-state index is 13.9. The molecule has 1 fully saturated rings. The van der Waals surface area contributed by atoms with Crippen molar-refractivity contribution in [2.75, 3.05) is 36.4 Å². The van der Waals surface area contributed by atoms with Crippen molar-refractivity contribution in [1.82, 2.24) is 4.90 Å². The second-order valence-electron chi connectivity index (χ2n) is 6.47. The lowest BCUT2D eigenvalue weighted by Gasteiger charge is -2.35. The topological polar surface area (TPSA) is 96.7 Å². The molecule has 8 heteroatoms. The number of piperazine rings is 1. The zero-order valence-electron chi connectivity index (χ0n) is 15.5. The molecular formula is C21H19FN4O3. The van der Waals surface area contributed by atoms with Crippen LogP contribution in [0.1, 0.15) is 10.4 Å². The highest BCUT2D eigenvalue weighted by molar-refractivity contribution is 6.06. The molecule has 0 bridgehead atoms. The summed E-state index contributed by atoms with van der Waals surface area (Å²) in [7, 11) is 0. The first-order valence-corrected chi connectivity index (χ1v) is 8.98. The number of carboxylic acid groups (broad SMARTS) is 1. The van der Waals surface area contributed by atoms with Crippen LogP contribution in [0.5, 0.6) is 0 Å². The van der Waals surface area contributed by atoms with Crippen molar-refractivity contribution in [3.8, 4) is 6.07 Å². The van der Waals surface area contributed by atoms with Crippen molar-refractivity contribution in [3.05, 3.63) is 71.7 Å². The molecule has 1 heterocycles. The summed E-state index contributed by atoms with van der Waals surface area (Å²) in [5.41, 5.74) is 0.771. The first-order chi connectivity index (χ1) is 14.0. The number of amides is 1. The third-order valence-corrected chi connectivity index (χ3v) is 4.55. The Morgan fingerprint density at radius 1 is 1.10 bits per heavy atom. The van der Waals surface area contributed by atoms with Crippen molar-refractivity contribution in [3.63, 3.8) is 0 Å². The Hall–Kier alpha value is -3.86. The van der Waals surface area contributed by atoms with Crippen LogP contribution in [-0.4, -0.2) is 48.1 Å². The molecule has 0 spiro atoms. The molecule has 1 aliphatic rings. The summed E-state index contributed by atoms with van der Waals surface area (Å²) in [6.45, 7) is 2.17. The van der Waals surface area contributed by atoms with Gasteiger partial charge in [-0.15, -0.1) is 0 Å². The number of nitrogens with one attached hydrogen (secondary N) is 1. The Bertz CT molecular complexity index is 991. The van der Waals surface area contributed by atoms with Crippen LogP contribution in [0, 0.1) is 17.1 Å². The Kier molecular flexibility index (Phi) is 6.09. The van der Waals surface area contributed by atoms with Crippen LogP contribution in [0.3, 0.4) is 0 Å². The predicted molar refractivity (Wildman–Crippen MR) is 106 cm³/mol. The molecule has 0 aliphatic carbocycles. The highest BCUT2D eigenvalue weighted by Gasteiger charge is 2.19. The Morgan fingerprint density at radius 2 is 1.83 bits per heavy atom. The lowest BCUT2D eigenvalue weighted by Crippen LogP contribution is -2.44. The molecule has 1 amide bonds. The van der Waals surface area contributed by atoms with Gasteiger partial charge in [-0.1, -0.05) is 18.2 Å². The standard InChI is InChI=1S/C21H19FN4O3/c22-18-6-1-2-7-19(18)26-10-8-25(9-11-26)14-16(13-23)20(27)24-17-5-3-4-15(12-17)21(28)29/h1-7,12,14H,8-11H2,(H,24,27)(H,28,29)/b16-14-. The summed E-state index contributed by atoms with van der Waals surface area (Å²) in [5, 5.41) is 20.9. The van der Waals surface area contributed by atoms with E-state index in [-0.39, 0.29) is 17.0 Å². The Morgan fingerprint density at radius 3 is 2.48 bits per heavy atom. The fraction of sp³-hybridized carbons (Fsp3) is 0.190. The monoisotopic (exact) mass is 394 g/mol. The van der Waals surface area contributed by atoms with Gasteiger partial charge in [0, 0.05) is 38.1 Å². The second kappa shape index (κ2) is 8.89. The summed E-state index contributed by atoms with van der Waals surface area (Å²) in [6.07, 6.45) is 1.48. The van der Waals surface area contributed by atoms with Gasteiger partial charge >= 0.3 is 5.97 Å². The van der Waals surface area contributed by atoms with Crippen LogP contribution in [0.4, 0.5) is 15.8 Å². The molecule has 2 N–H and O–H groups in total. The molecule has 1 aliphatic heterocycles. The molecule has 1 saturated heterocycles. The number of para-hydroxylation sites is 1. The van der Waals surface area contributed by atoms with Gasteiger partial charge in [0.05, 0.1) is 11.3 Å². The van der Waals surface area contributed by atoms with E-state index in [0.717, 1.165) is 0 Å². The lowest BCUT2D eigenvalue weighted by atomic mass is 10.2. The fourth-order valence-corrected chi connectivity index (χ4v) is 3.05. The van der Waals surface area contributed by atoms with E-state index >= 15 is 0 Å². The molecule has 2 aromatic rings. The van der Waals surface area contributed by atoms with Gasteiger partial charge in [-0.25, -0.2) is 9.18 Å². The van der Waals surface area contributed by atoms with Crippen LogP contribution in [-0.2, 0) is 4.79 Å². The minimum atomic E-state index is -1.11. The highest BCUT2D eigenvalue weighted by atomic mass is 19.1. The van der Waals surface area contributed by atoms with Crippen molar-refractivity contribution >= 4 is 23.3 Å². The van der Waals surface area contributed by atoms with Crippen molar-refractivity contribution in [2.45, 2.75) is 0 Å². The number of hydrogen-bond acceptors (Lipinski definition) is 5. The summed E-state index contributed by atoms with van der Waals surface area (Å²) in [6, 6.07) is 14.2. The van der Waals surface area contributed by atoms with Crippen LogP contribution >= 0.6 is 0 Å². The number of benzene rings is 2. The smallest absolute Gasteiger partial charge is 0.335 e. The molecule has 29 heavy (non-hydrogen) atoms. The Labute approximate surface area is 167 Å². The van der Waals surface area contributed by atoms with E-state index in [0.29, 0.717) is 37.6 Å². The summed E-state index contributed by atoms with van der Waals surface area (Å²) in [4.78, 5) is 27.2. The summed E-state index contributed by atoms with van der Waals surface area (Å²) < 4.78 is 13.9. The normalized spacial score (nSPS) is 14.3.